The fraction of sp³-hybridized carbons (Fsp3) is 1.00. The fourth-order valence-electron chi connectivity index (χ4n) is 1.19. The van der Waals surface area contributed by atoms with E-state index < -0.39 is 0 Å². The maximum atomic E-state index is 4.50. The number of hydrogen-bond acceptors (Lipinski definition) is 1. The van der Waals surface area contributed by atoms with E-state index in [2.05, 4.69) is 26.5 Å². The first-order valence-electron chi connectivity index (χ1n) is 4.89. The van der Waals surface area contributed by atoms with E-state index in [9.17, 15) is 0 Å². The summed E-state index contributed by atoms with van der Waals surface area (Å²) < 4.78 is 0. The van der Waals surface area contributed by atoms with Gasteiger partial charge in [-0.05, 0) is 13.0 Å². The molecule has 0 rings (SSSR count). The van der Waals surface area contributed by atoms with E-state index >= 15 is 0 Å². The molecule has 0 saturated heterocycles. The smallest absolute Gasteiger partial charge is 0.0195 e. The fourth-order valence-corrected chi connectivity index (χ4v) is 1.19. The number of nitrogens with two attached hydrogens (primary N) is 1. The first kappa shape index (κ1) is 13.5. The van der Waals surface area contributed by atoms with Crippen molar-refractivity contribution >= 4 is 0 Å². The zero-order chi connectivity index (χ0) is 9.11. The molecule has 0 heterocycles. The van der Waals surface area contributed by atoms with Gasteiger partial charge in [0.15, 0.2) is 0 Å². The van der Waals surface area contributed by atoms with E-state index in [4.69, 9.17) is 0 Å². The molecule has 0 aliphatic heterocycles. The van der Waals surface area contributed by atoms with E-state index in [0.717, 1.165) is 5.92 Å². The van der Waals surface area contributed by atoms with Crippen molar-refractivity contribution in [1.82, 2.24) is 0 Å². The van der Waals surface area contributed by atoms with Crippen LogP contribution in [0.3, 0.4) is 0 Å². The normalized spacial score (nSPS) is 11.7. The molecule has 1 heteroatoms. The summed E-state index contributed by atoms with van der Waals surface area (Å²) in [6.45, 7) is 6.89. The average molecular weight is 159 g/mol. The summed E-state index contributed by atoms with van der Waals surface area (Å²) in [6, 6.07) is 0. The summed E-state index contributed by atoms with van der Waals surface area (Å²) >= 11 is 0. The molecule has 0 aromatic heterocycles. The third-order valence-corrected chi connectivity index (χ3v) is 1.83. The van der Waals surface area contributed by atoms with Gasteiger partial charge in [0.05, 0.1) is 0 Å². The number of rotatable bonds is 5. The molecule has 0 aliphatic carbocycles. The van der Waals surface area contributed by atoms with Crippen LogP contribution in [0.15, 0.2) is 0 Å². The van der Waals surface area contributed by atoms with Crippen molar-refractivity contribution in [1.29, 1.82) is 0 Å². The lowest BCUT2D eigenvalue weighted by molar-refractivity contribution is 0.466. The van der Waals surface area contributed by atoms with Gasteiger partial charge in [0.2, 0.25) is 0 Å². The highest BCUT2D eigenvalue weighted by molar-refractivity contribution is 4.50. The molecule has 1 atom stereocenters. The Bertz CT molecular complexity index is 52.8. The molecule has 0 amide bonds. The Morgan fingerprint density at radius 2 is 1.55 bits per heavy atom. The van der Waals surface area contributed by atoms with E-state index in [1.54, 1.807) is 0 Å². The molecule has 1 unspecified atom stereocenters. The molecular weight excluding hydrogens is 134 g/mol. The second-order valence-electron chi connectivity index (χ2n) is 3.04. The van der Waals surface area contributed by atoms with Crippen molar-refractivity contribution in [2.24, 2.45) is 11.7 Å². The number of unbranched alkanes of at least 4 members (excludes halogenated alkanes) is 1. The van der Waals surface area contributed by atoms with Crippen LogP contribution >= 0.6 is 0 Å². The Morgan fingerprint density at radius 1 is 1.00 bits per heavy atom. The van der Waals surface area contributed by atoms with Gasteiger partial charge in [-0.1, -0.05) is 52.9 Å². The molecule has 1 nitrogen and oxygen atoms in total. The van der Waals surface area contributed by atoms with Gasteiger partial charge in [-0.2, -0.15) is 0 Å². The second kappa shape index (κ2) is 12.6. The molecule has 0 aromatic carbocycles. The third kappa shape index (κ3) is 13.0. The van der Waals surface area contributed by atoms with E-state index in [1.807, 2.05) is 0 Å². The molecule has 0 aromatic rings. The molecule has 0 aliphatic rings. The Balaban J connectivity index is 0. The Labute approximate surface area is 72.4 Å². The summed E-state index contributed by atoms with van der Waals surface area (Å²) in [5, 5.41) is 0. The van der Waals surface area contributed by atoms with E-state index in [-0.39, 0.29) is 0 Å². The molecular formula is C10H25N. The zero-order valence-electron chi connectivity index (χ0n) is 8.69. The highest BCUT2D eigenvalue weighted by Gasteiger charge is 1.97. The SMILES string of the molecule is CCCCC(C)CCC.CN. The van der Waals surface area contributed by atoms with Crippen molar-refractivity contribution in [3.8, 4) is 0 Å². The van der Waals surface area contributed by atoms with Gasteiger partial charge in [-0.25, -0.2) is 0 Å². The molecule has 2 N–H and O–H groups in total. The Kier molecular flexibility index (Phi) is 15.5. The van der Waals surface area contributed by atoms with Gasteiger partial charge in [-0.3, -0.25) is 0 Å². The van der Waals surface area contributed by atoms with Gasteiger partial charge < -0.3 is 5.73 Å². The van der Waals surface area contributed by atoms with Crippen LogP contribution in [0.4, 0.5) is 0 Å². The van der Waals surface area contributed by atoms with Crippen LogP contribution in [-0.2, 0) is 0 Å². The maximum absolute atomic E-state index is 4.50. The van der Waals surface area contributed by atoms with Gasteiger partial charge >= 0.3 is 0 Å². The minimum absolute atomic E-state index is 0.968. The van der Waals surface area contributed by atoms with Crippen LogP contribution in [-0.4, -0.2) is 7.05 Å². The van der Waals surface area contributed by atoms with Crippen LogP contribution in [0.2, 0.25) is 0 Å². The van der Waals surface area contributed by atoms with Crippen LogP contribution in [0, 0.1) is 5.92 Å². The van der Waals surface area contributed by atoms with E-state index in [1.165, 1.54) is 39.2 Å². The highest BCUT2D eigenvalue weighted by Crippen LogP contribution is 2.12. The third-order valence-electron chi connectivity index (χ3n) is 1.83. The van der Waals surface area contributed by atoms with Gasteiger partial charge in [0.25, 0.3) is 0 Å². The van der Waals surface area contributed by atoms with Crippen LogP contribution in [0.1, 0.15) is 52.9 Å². The van der Waals surface area contributed by atoms with Gasteiger partial charge in [0.1, 0.15) is 0 Å². The minimum atomic E-state index is 0.968. The van der Waals surface area contributed by atoms with Gasteiger partial charge in [-0.15, -0.1) is 0 Å². The van der Waals surface area contributed by atoms with Crippen molar-refractivity contribution < 1.29 is 0 Å². The standard InChI is InChI=1S/C9H20.CH5N/c1-4-6-8-9(3)7-5-2;1-2/h9H,4-8H2,1-3H3;2H2,1H3. The lowest BCUT2D eigenvalue weighted by atomic mass is 10.00. The van der Waals surface area contributed by atoms with Crippen LogP contribution in [0.25, 0.3) is 0 Å². The molecule has 11 heavy (non-hydrogen) atoms. The Hall–Kier alpha value is -0.0400. The predicted molar refractivity (Wildman–Crippen MR) is 53.7 cm³/mol. The molecule has 0 radical (unpaired) electrons. The highest BCUT2D eigenvalue weighted by atomic mass is 14.4. The van der Waals surface area contributed by atoms with Gasteiger partial charge in [0, 0.05) is 0 Å². The lowest BCUT2D eigenvalue weighted by Gasteiger charge is -2.07. The first-order chi connectivity index (χ1) is 5.31. The first-order valence-corrected chi connectivity index (χ1v) is 4.89. The monoisotopic (exact) mass is 159 g/mol. The Morgan fingerprint density at radius 3 is 1.91 bits per heavy atom. The quantitative estimate of drug-likeness (QED) is 0.655. The molecule has 0 fully saturated rings. The summed E-state index contributed by atoms with van der Waals surface area (Å²) in [4.78, 5) is 0. The van der Waals surface area contributed by atoms with Crippen LogP contribution < -0.4 is 5.73 Å². The number of hydrogen-bond donors (Lipinski definition) is 1. The second-order valence-corrected chi connectivity index (χ2v) is 3.04. The predicted octanol–water partition coefficient (Wildman–Crippen LogP) is 3.19. The molecule has 70 valence electrons. The molecule has 0 bridgehead atoms. The van der Waals surface area contributed by atoms with Crippen molar-refractivity contribution in [2.45, 2.75) is 52.9 Å². The minimum Gasteiger partial charge on any atom is -0.333 e. The van der Waals surface area contributed by atoms with Crippen molar-refractivity contribution in [2.75, 3.05) is 7.05 Å². The van der Waals surface area contributed by atoms with E-state index in [0.29, 0.717) is 0 Å². The summed E-state index contributed by atoms with van der Waals surface area (Å²) in [7, 11) is 1.50. The van der Waals surface area contributed by atoms with Crippen LogP contribution in [0.5, 0.6) is 0 Å². The summed E-state index contributed by atoms with van der Waals surface area (Å²) in [5.41, 5.74) is 4.50. The lowest BCUT2D eigenvalue weighted by Crippen LogP contribution is -1.92. The summed E-state index contributed by atoms with van der Waals surface area (Å²) in [6.07, 6.45) is 6.98. The summed E-state index contributed by atoms with van der Waals surface area (Å²) in [5.74, 6) is 0.968. The average Bonchev–Trinajstić information content (AvgIpc) is 2.05. The van der Waals surface area contributed by atoms with Crippen molar-refractivity contribution in [3.05, 3.63) is 0 Å². The zero-order valence-corrected chi connectivity index (χ0v) is 8.69. The largest absolute Gasteiger partial charge is 0.333 e. The molecule has 0 spiro atoms. The maximum Gasteiger partial charge on any atom is -0.0195 e. The topological polar surface area (TPSA) is 26.0 Å². The van der Waals surface area contributed by atoms with Crippen molar-refractivity contribution in [3.63, 3.8) is 0 Å². The molecule has 0 saturated carbocycles.